The van der Waals surface area contributed by atoms with E-state index < -0.39 is 6.10 Å². The van der Waals surface area contributed by atoms with Gasteiger partial charge in [0.25, 0.3) is 0 Å². The molecule has 120 valence electrons. The Kier molecular flexibility index (Phi) is 4.95. The van der Waals surface area contributed by atoms with Crippen LogP contribution in [0.15, 0.2) is 48.5 Å². The number of thiocarbonyl (C=S) groups is 1. The minimum absolute atomic E-state index is 0.267. The normalized spacial score (nSPS) is 13.4. The van der Waals surface area contributed by atoms with Crippen molar-refractivity contribution in [3.63, 3.8) is 0 Å². The molecule has 2 aromatic carbocycles. The molecule has 0 saturated carbocycles. The zero-order valence-electron chi connectivity index (χ0n) is 12.5. The first-order valence-corrected chi connectivity index (χ1v) is 7.76. The molecular formula is C17H18N2O3S. The monoisotopic (exact) mass is 330 g/mol. The van der Waals surface area contributed by atoms with Crippen molar-refractivity contribution >= 4 is 17.3 Å². The van der Waals surface area contributed by atoms with Gasteiger partial charge in [-0.15, -0.1) is 0 Å². The summed E-state index contributed by atoms with van der Waals surface area (Å²) in [5.74, 6) is 1.52. The molecule has 6 heteroatoms. The molecule has 1 aliphatic heterocycles. The lowest BCUT2D eigenvalue weighted by molar-refractivity contribution is 0.174. The van der Waals surface area contributed by atoms with Gasteiger partial charge in [0.2, 0.25) is 6.79 Å². The zero-order valence-corrected chi connectivity index (χ0v) is 13.3. The fourth-order valence-corrected chi connectivity index (χ4v) is 2.43. The van der Waals surface area contributed by atoms with Gasteiger partial charge >= 0.3 is 0 Å². The Labute approximate surface area is 140 Å². The van der Waals surface area contributed by atoms with E-state index in [-0.39, 0.29) is 6.79 Å². The summed E-state index contributed by atoms with van der Waals surface area (Å²) in [5.41, 5.74) is 1.90. The molecule has 1 atom stereocenters. The summed E-state index contributed by atoms with van der Waals surface area (Å²) in [6.07, 6.45) is -0.596. The SMILES string of the molecule is O[C@H](CNC(=S)NCc1ccc2c(c1)OCO2)c1ccccc1. The number of ether oxygens (including phenoxy) is 2. The lowest BCUT2D eigenvalue weighted by atomic mass is 10.1. The molecule has 0 aromatic heterocycles. The van der Waals surface area contributed by atoms with Gasteiger partial charge in [-0.2, -0.15) is 0 Å². The van der Waals surface area contributed by atoms with Crippen molar-refractivity contribution in [3.8, 4) is 11.5 Å². The predicted octanol–water partition coefficient (Wildman–Crippen LogP) is 2.11. The Hall–Kier alpha value is -2.31. The van der Waals surface area contributed by atoms with Crippen molar-refractivity contribution in [2.75, 3.05) is 13.3 Å². The van der Waals surface area contributed by atoms with E-state index in [9.17, 15) is 5.11 Å². The average Bonchev–Trinajstić information content (AvgIpc) is 3.06. The molecule has 0 aliphatic carbocycles. The number of fused-ring (bicyclic) bond motifs is 1. The number of aliphatic hydroxyl groups excluding tert-OH is 1. The Balaban J connectivity index is 1.45. The van der Waals surface area contributed by atoms with Crippen LogP contribution in [-0.4, -0.2) is 23.6 Å². The van der Waals surface area contributed by atoms with Gasteiger partial charge in [0, 0.05) is 13.1 Å². The Morgan fingerprint density at radius 1 is 1.09 bits per heavy atom. The number of rotatable bonds is 5. The van der Waals surface area contributed by atoms with E-state index in [4.69, 9.17) is 21.7 Å². The van der Waals surface area contributed by atoms with Crippen LogP contribution in [0.4, 0.5) is 0 Å². The molecule has 0 unspecified atom stereocenters. The molecule has 1 heterocycles. The Bertz CT molecular complexity index is 679. The smallest absolute Gasteiger partial charge is 0.231 e. The summed E-state index contributed by atoms with van der Waals surface area (Å²) in [7, 11) is 0. The minimum atomic E-state index is -0.596. The molecule has 3 rings (SSSR count). The molecule has 0 fully saturated rings. The topological polar surface area (TPSA) is 62.8 Å². The van der Waals surface area contributed by atoms with Crippen LogP contribution >= 0.6 is 12.2 Å². The highest BCUT2D eigenvalue weighted by molar-refractivity contribution is 7.80. The van der Waals surface area contributed by atoms with Crippen LogP contribution < -0.4 is 20.1 Å². The maximum absolute atomic E-state index is 10.1. The second-order valence-corrected chi connectivity index (χ2v) is 5.59. The van der Waals surface area contributed by atoms with Crippen molar-refractivity contribution < 1.29 is 14.6 Å². The third-order valence-corrected chi connectivity index (χ3v) is 3.82. The van der Waals surface area contributed by atoms with Gasteiger partial charge in [0.1, 0.15) is 0 Å². The lowest BCUT2D eigenvalue weighted by Crippen LogP contribution is -2.37. The van der Waals surface area contributed by atoms with Gasteiger partial charge in [0.05, 0.1) is 6.10 Å². The third-order valence-electron chi connectivity index (χ3n) is 3.53. The molecule has 0 spiro atoms. The summed E-state index contributed by atoms with van der Waals surface area (Å²) in [4.78, 5) is 0. The zero-order chi connectivity index (χ0) is 16.1. The van der Waals surface area contributed by atoms with Crippen LogP contribution in [0.1, 0.15) is 17.2 Å². The van der Waals surface area contributed by atoms with E-state index in [0.717, 1.165) is 22.6 Å². The predicted molar refractivity (Wildman–Crippen MR) is 91.4 cm³/mol. The number of hydrogen-bond acceptors (Lipinski definition) is 4. The number of nitrogens with one attached hydrogen (secondary N) is 2. The highest BCUT2D eigenvalue weighted by atomic mass is 32.1. The van der Waals surface area contributed by atoms with E-state index >= 15 is 0 Å². The van der Waals surface area contributed by atoms with E-state index in [2.05, 4.69) is 10.6 Å². The van der Waals surface area contributed by atoms with Crippen molar-refractivity contribution in [1.29, 1.82) is 0 Å². The Morgan fingerprint density at radius 3 is 2.70 bits per heavy atom. The standard InChI is InChI=1S/C17H18N2O3S/c20-14(13-4-2-1-3-5-13)10-19-17(23)18-9-12-6-7-15-16(8-12)22-11-21-15/h1-8,14,20H,9-11H2,(H2,18,19,23)/t14-/m1/s1. The van der Waals surface area contributed by atoms with Crippen molar-refractivity contribution in [2.45, 2.75) is 12.6 Å². The third kappa shape index (κ3) is 4.12. The maximum Gasteiger partial charge on any atom is 0.231 e. The van der Waals surface area contributed by atoms with Crippen LogP contribution in [0.3, 0.4) is 0 Å². The van der Waals surface area contributed by atoms with E-state index in [0.29, 0.717) is 18.2 Å². The fraction of sp³-hybridized carbons (Fsp3) is 0.235. The van der Waals surface area contributed by atoms with Gasteiger partial charge in [-0.25, -0.2) is 0 Å². The quantitative estimate of drug-likeness (QED) is 0.730. The van der Waals surface area contributed by atoms with Crippen LogP contribution in [-0.2, 0) is 6.54 Å². The second kappa shape index (κ2) is 7.30. The second-order valence-electron chi connectivity index (χ2n) is 5.18. The summed E-state index contributed by atoms with van der Waals surface area (Å²) in [6, 6.07) is 15.3. The van der Waals surface area contributed by atoms with E-state index in [1.165, 1.54) is 0 Å². The fourth-order valence-electron chi connectivity index (χ4n) is 2.28. The first-order chi connectivity index (χ1) is 11.2. The highest BCUT2D eigenvalue weighted by Gasteiger charge is 2.13. The Morgan fingerprint density at radius 2 is 1.87 bits per heavy atom. The molecule has 2 aromatic rings. The summed E-state index contributed by atoms with van der Waals surface area (Å²) in [6.45, 7) is 1.20. The van der Waals surface area contributed by atoms with Crippen molar-refractivity contribution in [2.24, 2.45) is 0 Å². The molecule has 5 nitrogen and oxygen atoms in total. The minimum Gasteiger partial charge on any atom is -0.454 e. The van der Waals surface area contributed by atoms with E-state index in [1.807, 2.05) is 48.5 Å². The largest absolute Gasteiger partial charge is 0.454 e. The molecule has 0 amide bonds. The molecule has 23 heavy (non-hydrogen) atoms. The van der Waals surface area contributed by atoms with Crippen molar-refractivity contribution in [3.05, 3.63) is 59.7 Å². The number of benzene rings is 2. The summed E-state index contributed by atoms with van der Waals surface area (Å²) in [5, 5.41) is 16.7. The molecule has 1 aliphatic rings. The molecule has 0 bridgehead atoms. The molecular weight excluding hydrogens is 312 g/mol. The number of hydrogen-bond donors (Lipinski definition) is 3. The first kappa shape index (κ1) is 15.6. The van der Waals surface area contributed by atoms with Gasteiger partial charge in [-0.3, -0.25) is 0 Å². The molecule has 0 saturated heterocycles. The highest BCUT2D eigenvalue weighted by Crippen LogP contribution is 2.32. The molecule has 3 N–H and O–H groups in total. The van der Waals surface area contributed by atoms with Gasteiger partial charge in [-0.1, -0.05) is 36.4 Å². The van der Waals surface area contributed by atoms with Crippen LogP contribution in [0.2, 0.25) is 0 Å². The van der Waals surface area contributed by atoms with Crippen LogP contribution in [0, 0.1) is 0 Å². The summed E-state index contributed by atoms with van der Waals surface area (Å²) < 4.78 is 10.6. The lowest BCUT2D eigenvalue weighted by Gasteiger charge is -2.15. The first-order valence-electron chi connectivity index (χ1n) is 7.35. The van der Waals surface area contributed by atoms with Crippen molar-refractivity contribution in [1.82, 2.24) is 10.6 Å². The van der Waals surface area contributed by atoms with Gasteiger partial charge < -0.3 is 25.2 Å². The maximum atomic E-state index is 10.1. The summed E-state index contributed by atoms with van der Waals surface area (Å²) >= 11 is 5.23. The van der Waals surface area contributed by atoms with Gasteiger partial charge in [-0.05, 0) is 35.5 Å². The molecule has 0 radical (unpaired) electrons. The number of aliphatic hydroxyl groups is 1. The van der Waals surface area contributed by atoms with Crippen LogP contribution in [0.25, 0.3) is 0 Å². The van der Waals surface area contributed by atoms with E-state index in [1.54, 1.807) is 0 Å². The average molecular weight is 330 g/mol. The van der Waals surface area contributed by atoms with Gasteiger partial charge in [0.15, 0.2) is 16.6 Å². The van der Waals surface area contributed by atoms with Crippen LogP contribution in [0.5, 0.6) is 11.5 Å².